The number of pyridine rings is 2. The molecule has 0 amide bonds. The maximum atomic E-state index is 10.3. The second kappa shape index (κ2) is 10.9. The molecule has 40 heavy (non-hydrogen) atoms. The number of benzene rings is 2. The van der Waals surface area contributed by atoms with Crippen molar-refractivity contribution in [3.05, 3.63) is 94.4 Å². The Hall–Kier alpha value is -4.58. The summed E-state index contributed by atoms with van der Waals surface area (Å²) in [4.78, 5) is 18.7. The molecule has 200 valence electrons. The van der Waals surface area contributed by atoms with Crippen molar-refractivity contribution in [3.63, 3.8) is 0 Å². The Bertz CT molecular complexity index is 1770. The molecule has 0 saturated carbocycles. The molecular weight excluding hydrogens is 522 g/mol. The Balaban J connectivity index is 1.56. The molecule has 0 radical (unpaired) electrons. The molecule has 0 atom stereocenters. The van der Waals surface area contributed by atoms with E-state index in [2.05, 4.69) is 21.4 Å². The molecule has 0 aliphatic heterocycles. The number of nitrogens with two attached hydrogens (primary N) is 1. The zero-order chi connectivity index (χ0) is 28.4. The number of nitrogens with zero attached hydrogens (tertiary/aromatic N) is 5. The van der Waals surface area contributed by atoms with Crippen LogP contribution in [0.15, 0.2) is 66.9 Å². The van der Waals surface area contributed by atoms with Crippen molar-refractivity contribution >= 4 is 34.1 Å². The molecule has 9 heteroatoms. The van der Waals surface area contributed by atoms with E-state index >= 15 is 0 Å². The van der Waals surface area contributed by atoms with E-state index in [-0.39, 0.29) is 0 Å². The number of hydrogen-bond donors (Lipinski definition) is 3. The minimum absolute atomic E-state index is 0.300. The van der Waals surface area contributed by atoms with Gasteiger partial charge in [-0.25, -0.2) is 15.0 Å². The molecule has 2 aromatic carbocycles. The molecule has 5 rings (SSSR count). The van der Waals surface area contributed by atoms with E-state index in [0.29, 0.717) is 63.5 Å². The molecule has 4 N–H and O–H groups in total. The zero-order valence-corrected chi connectivity index (χ0v) is 23.2. The summed E-state index contributed by atoms with van der Waals surface area (Å²) in [6, 6.07) is 20.8. The fourth-order valence-electron chi connectivity index (χ4n) is 4.54. The van der Waals surface area contributed by atoms with Crippen LogP contribution in [-0.2, 0) is 12.0 Å². The molecule has 0 fully saturated rings. The largest absolute Gasteiger partial charge is 0.384 e. The summed E-state index contributed by atoms with van der Waals surface area (Å²) < 4.78 is 0. The number of rotatable bonds is 7. The van der Waals surface area contributed by atoms with Gasteiger partial charge >= 0.3 is 0 Å². The molecule has 3 heterocycles. The van der Waals surface area contributed by atoms with E-state index in [0.717, 1.165) is 22.1 Å². The predicted molar refractivity (Wildman–Crippen MR) is 159 cm³/mol. The first-order valence-corrected chi connectivity index (χ1v) is 13.2. The molecule has 0 aliphatic rings. The molecule has 5 aromatic rings. The van der Waals surface area contributed by atoms with Gasteiger partial charge in [0.25, 0.3) is 0 Å². The highest BCUT2D eigenvalue weighted by atomic mass is 35.5. The van der Waals surface area contributed by atoms with Crippen molar-refractivity contribution in [2.75, 3.05) is 17.6 Å². The molecule has 0 unspecified atom stereocenters. The number of fused-ring (bicyclic) bond motifs is 1. The lowest BCUT2D eigenvalue weighted by molar-refractivity contribution is 0.0740. The maximum Gasteiger partial charge on any atom is 0.146 e. The first-order chi connectivity index (χ1) is 19.2. The molecule has 0 saturated heterocycles. The minimum Gasteiger partial charge on any atom is -0.384 e. The first kappa shape index (κ1) is 27.0. The van der Waals surface area contributed by atoms with Crippen molar-refractivity contribution in [2.45, 2.75) is 32.8 Å². The predicted octanol–water partition coefficient (Wildman–Crippen LogP) is 6.05. The van der Waals surface area contributed by atoms with Gasteiger partial charge in [-0.2, -0.15) is 5.26 Å². The Labute approximate surface area is 237 Å². The van der Waals surface area contributed by atoms with Crippen LogP contribution in [0.5, 0.6) is 0 Å². The number of halogens is 1. The lowest BCUT2D eigenvalue weighted by Crippen LogP contribution is -2.18. The van der Waals surface area contributed by atoms with Gasteiger partial charge in [0.15, 0.2) is 0 Å². The Morgan fingerprint density at radius 1 is 1.02 bits per heavy atom. The summed E-state index contributed by atoms with van der Waals surface area (Å²) in [5.41, 5.74) is 11.4. The molecular formula is C31H28ClN7O. The van der Waals surface area contributed by atoms with Crippen LogP contribution in [-0.4, -0.2) is 31.6 Å². The summed E-state index contributed by atoms with van der Waals surface area (Å²) in [6.45, 7) is 5.77. The number of nitrogen functional groups attached to an aromatic ring is 1. The van der Waals surface area contributed by atoms with E-state index in [9.17, 15) is 10.4 Å². The van der Waals surface area contributed by atoms with E-state index in [4.69, 9.17) is 27.3 Å². The zero-order valence-electron chi connectivity index (χ0n) is 22.4. The van der Waals surface area contributed by atoms with Gasteiger partial charge in [-0.05, 0) is 62.7 Å². The van der Waals surface area contributed by atoms with Crippen molar-refractivity contribution in [1.29, 1.82) is 5.26 Å². The molecule has 8 nitrogen and oxygen atoms in total. The molecule has 0 spiro atoms. The summed E-state index contributed by atoms with van der Waals surface area (Å²) >= 11 is 6.64. The smallest absolute Gasteiger partial charge is 0.146 e. The van der Waals surface area contributed by atoms with Crippen LogP contribution >= 0.6 is 11.6 Å². The van der Waals surface area contributed by atoms with E-state index in [1.54, 1.807) is 32.2 Å². The van der Waals surface area contributed by atoms with Crippen LogP contribution < -0.4 is 11.1 Å². The lowest BCUT2D eigenvalue weighted by atomic mass is 9.96. The topological polar surface area (TPSA) is 134 Å². The summed E-state index contributed by atoms with van der Waals surface area (Å²) in [7, 11) is 0. The Morgan fingerprint density at radius 2 is 1.82 bits per heavy atom. The highest BCUT2D eigenvalue weighted by Crippen LogP contribution is 2.36. The quantitative estimate of drug-likeness (QED) is 0.223. The third-order valence-electron chi connectivity index (χ3n) is 6.68. The lowest BCUT2D eigenvalue weighted by Gasteiger charge is -2.18. The monoisotopic (exact) mass is 549 g/mol. The fourth-order valence-corrected chi connectivity index (χ4v) is 4.81. The Kier molecular flexibility index (Phi) is 7.35. The number of anilines is 2. The highest BCUT2D eigenvalue weighted by molar-refractivity contribution is 6.35. The van der Waals surface area contributed by atoms with Crippen LogP contribution in [0.1, 0.15) is 36.4 Å². The van der Waals surface area contributed by atoms with E-state index in [1.165, 1.54) is 0 Å². The second-order valence-corrected chi connectivity index (χ2v) is 10.4. The van der Waals surface area contributed by atoms with Crippen molar-refractivity contribution in [3.8, 4) is 28.6 Å². The number of aliphatic hydroxyl groups is 1. The average molecular weight is 550 g/mol. The number of aromatic nitrogens is 4. The van der Waals surface area contributed by atoms with E-state index in [1.807, 2.05) is 55.5 Å². The Morgan fingerprint density at radius 3 is 2.60 bits per heavy atom. The number of nitrogens with one attached hydrogen (secondary N) is 1. The first-order valence-electron chi connectivity index (χ1n) is 12.8. The molecule has 0 aliphatic carbocycles. The normalized spacial score (nSPS) is 11.4. The molecule has 0 bridgehead atoms. The SMILES string of the molecule is Cc1c(C#N)cccc1-c1nc(N)c(CCNc2cccc(C(C)(C)O)n2)nc1-c1cc(Cl)c2ncccc2c1. The maximum absolute atomic E-state index is 10.3. The standard InChI is InChI=1S/C31H28ClN7O/c1-18-20(17-33)7-4-9-22(18)29-28(21-15-19-8-6-13-36-27(19)23(32)16-21)37-24(30(34)39-29)12-14-35-26-11-5-10-25(38-26)31(2,3)40/h4-11,13,15-16,40H,12,14H2,1-3H3,(H2,34,39)(H,35,38). The fraction of sp³-hybridized carbons (Fsp3) is 0.194. The van der Waals surface area contributed by atoms with Crippen molar-refractivity contribution in [1.82, 2.24) is 19.9 Å². The van der Waals surface area contributed by atoms with Crippen LogP contribution in [0.2, 0.25) is 5.02 Å². The third-order valence-corrected chi connectivity index (χ3v) is 6.97. The van der Waals surface area contributed by atoms with Gasteiger partial charge in [0.2, 0.25) is 0 Å². The average Bonchev–Trinajstić information content (AvgIpc) is 2.93. The van der Waals surface area contributed by atoms with Gasteiger partial charge in [-0.1, -0.05) is 35.9 Å². The summed E-state index contributed by atoms with van der Waals surface area (Å²) in [5, 5.41) is 24.6. The number of nitriles is 1. The van der Waals surface area contributed by atoms with Crippen LogP contribution in [0, 0.1) is 18.3 Å². The van der Waals surface area contributed by atoms with Gasteiger partial charge in [0.1, 0.15) is 17.2 Å². The minimum atomic E-state index is -1.05. The van der Waals surface area contributed by atoms with Crippen LogP contribution in [0.3, 0.4) is 0 Å². The molecule has 3 aromatic heterocycles. The number of hydrogen-bond acceptors (Lipinski definition) is 8. The second-order valence-electron chi connectivity index (χ2n) is 10.0. The summed E-state index contributed by atoms with van der Waals surface area (Å²) in [5.74, 6) is 0.940. The van der Waals surface area contributed by atoms with Gasteiger partial charge in [-0.3, -0.25) is 4.98 Å². The van der Waals surface area contributed by atoms with Gasteiger partial charge in [-0.15, -0.1) is 0 Å². The highest BCUT2D eigenvalue weighted by Gasteiger charge is 2.20. The summed E-state index contributed by atoms with van der Waals surface area (Å²) in [6.07, 6.45) is 2.18. The van der Waals surface area contributed by atoms with Crippen molar-refractivity contribution in [2.24, 2.45) is 0 Å². The third kappa shape index (κ3) is 5.43. The van der Waals surface area contributed by atoms with E-state index < -0.39 is 5.60 Å². The van der Waals surface area contributed by atoms with Gasteiger partial charge < -0.3 is 16.2 Å². The van der Waals surface area contributed by atoms with Crippen LogP contribution in [0.25, 0.3) is 33.4 Å². The van der Waals surface area contributed by atoms with Gasteiger partial charge in [0.05, 0.1) is 44.9 Å². The van der Waals surface area contributed by atoms with Gasteiger partial charge in [0, 0.05) is 35.7 Å². The van der Waals surface area contributed by atoms with Crippen molar-refractivity contribution < 1.29 is 5.11 Å². The van der Waals surface area contributed by atoms with Crippen LogP contribution in [0.4, 0.5) is 11.6 Å².